The SMILES string of the molecule is CCOc1cccc2c1O[C@@]1(C)[C@H](C(=O)Nc3ccc(C)cc3C)[C@H]2NC(=O)N1c1cccc(OC)c1. The van der Waals surface area contributed by atoms with Crippen LogP contribution in [0.2, 0.25) is 0 Å². The van der Waals surface area contributed by atoms with Crippen LogP contribution in [0.1, 0.15) is 36.6 Å². The molecule has 3 aromatic rings. The fourth-order valence-corrected chi connectivity index (χ4v) is 5.34. The molecule has 37 heavy (non-hydrogen) atoms. The second-order valence-corrected chi connectivity index (χ2v) is 9.51. The predicted molar refractivity (Wildman–Crippen MR) is 141 cm³/mol. The number of hydrogen-bond acceptors (Lipinski definition) is 5. The number of methoxy groups -OCH3 is 1. The van der Waals surface area contributed by atoms with Crippen LogP contribution >= 0.6 is 0 Å². The van der Waals surface area contributed by atoms with Crippen LogP contribution in [-0.4, -0.2) is 31.4 Å². The molecule has 3 amide bonds. The van der Waals surface area contributed by atoms with Crippen molar-refractivity contribution in [2.75, 3.05) is 23.9 Å². The molecule has 2 bridgehead atoms. The molecular formula is C29H31N3O5. The molecule has 1 saturated heterocycles. The summed E-state index contributed by atoms with van der Waals surface area (Å²) < 4.78 is 17.9. The number of aryl methyl sites for hydroxylation is 2. The summed E-state index contributed by atoms with van der Waals surface area (Å²) in [6.45, 7) is 8.08. The van der Waals surface area contributed by atoms with Crippen molar-refractivity contribution < 1.29 is 23.8 Å². The highest BCUT2D eigenvalue weighted by atomic mass is 16.5. The molecule has 8 nitrogen and oxygen atoms in total. The van der Waals surface area contributed by atoms with Crippen LogP contribution < -0.4 is 29.7 Å². The van der Waals surface area contributed by atoms with Crippen LogP contribution in [0.25, 0.3) is 0 Å². The summed E-state index contributed by atoms with van der Waals surface area (Å²) in [4.78, 5) is 29.1. The zero-order valence-corrected chi connectivity index (χ0v) is 21.6. The van der Waals surface area contributed by atoms with E-state index in [0.717, 1.165) is 11.1 Å². The second-order valence-electron chi connectivity index (χ2n) is 9.51. The fourth-order valence-electron chi connectivity index (χ4n) is 5.34. The standard InChI is InChI=1S/C29H31N3O5/c1-6-36-23-12-8-11-21-25-24(27(33)30-22-14-13-17(2)15-18(22)3)29(4,37-26(21)23)32(28(34)31-25)19-9-7-10-20(16-19)35-5/h7-16,24-25H,6H2,1-5H3,(H,30,33)(H,31,34)/t24-,25-,29-/m0/s1. The van der Waals surface area contributed by atoms with Crippen molar-refractivity contribution in [3.05, 3.63) is 77.4 Å². The molecule has 0 aliphatic carbocycles. The van der Waals surface area contributed by atoms with E-state index in [-0.39, 0.29) is 11.9 Å². The van der Waals surface area contributed by atoms with E-state index in [0.29, 0.717) is 40.8 Å². The molecule has 2 aliphatic heterocycles. The summed E-state index contributed by atoms with van der Waals surface area (Å²) in [5.74, 6) is 0.603. The van der Waals surface area contributed by atoms with E-state index in [1.54, 1.807) is 38.3 Å². The topological polar surface area (TPSA) is 89.1 Å². The van der Waals surface area contributed by atoms with Gasteiger partial charge in [-0.2, -0.15) is 0 Å². The van der Waals surface area contributed by atoms with Crippen molar-refractivity contribution in [3.8, 4) is 17.2 Å². The van der Waals surface area contributed by atoms with Crippen molar-refractivity contribution in [1.29, 1.82) is 0 Å². The Bertz CT molecular complexity index is 1370. The first-order valence-corrected chi connectivity index (χ1v) is 12.3. The number of para-hydroxylation sites is 1. The zero-order chi connectivity index (χ0) is 26.3. The van der Waals surface area contributed by atoms with E-state index in [1.165, 1.54) is 4.90 Å². The maximum absolute atomic E-state index is 14.0. The van der Waals surface area contributed by atoms with E-state index in [9.17, 15) is 9.59 Å². The number of carbonyl (C=O) groups is 2. The van der Waals surface area contributed by atoms with Gasteiger partial charge in [-0.3, -0.25) is 9.69 Å². The molecule has 3 aromatic carbocycles. The molecule has 8 heteroatoms. The van der Waals surface area contributed by atoms with Crippen molar-refractivity contribution in [1.82, 2.24) is 5.32 Å². The van der Waals surface area contributed by atoms with Crippen molar-refractivity contribution >= 4 is 23.3 Å². The summed E-state index contributed by atoms with van der Waals surface area (Å²) in [6, 6.07) is 17.5. The Balaban J connectivity index is 1.65. The molecule has 0 saturated carbocycles. The van der Waals surface area contributed by atoms with E-state index in [4.69, 9.17) is 14.2 Å². The van der Waals surface area contributed by atoms with Gasteiger partial charge in [-0.05, 0) is 57.5 Å². The molecule has 0 spiro atoms. The number of hydrogen-bond donors (Lipinski definition) is 2. The third-order valence-electron chi connectivity index (χ3n) is 7.02. The highest BCUT2D eigenvalue weighted by Crippen LogP contribution is 2.52. The fraction of sp³-hybridized carbons (Fsp3) is 0.310. The minimum Gasteiger partial charge on any atom is -0.497 e. The van der Waals surface area contributed by atoms with Gasteiger partial charge >= 0.3 is 6.03 Å². The Morgan fingerprint density at radius 1 is 1.14 bits per heavy atom. The molecule has 192 valence electrons. The number of anilines is 2. The normalized spacial score (nSPS) is 21.9. The zero-order valence-electron chi connectivity index (χ0n) is 21.6. The number of amides is 3. The first kappa shape index (κ1) is 24.5. The van der Waals surface area contributed by atoms with Gasteiger partial charge < -0.3 is 24.8 Å². The van der Waals surface area contributed by atoms with E-state index < -0.39 is 17.7 Å². The third kappa shape index (κ3) is 4.12. The number of benzene rings is 3. The molecular weight excluding hydrogens is 470 g/mol. The second kappa shape index (κ2) is 9.35. The van der Waals surface area contributed by atoms with Crippen molar-refractivity contribution in [2.24, 2.45) is 5.92 Å². The van der Waals surface area contributed by atoms with Crippen LogP contribution in [0.15, 0.2) is 60.7 Å². The van der Waals surface area contributed by atoms with Crippen molar-refractivity contribution in [3.63, 3.8) is 0 Å². The first-order chi connectivity index (χ1) is 17.8. The van der Waals surface area contributed by atoms with E-state index >= 15 is 0 Å². The van der Waals surface area contributed by atoms with Gasteiger partial charge in [-0.25, -0.2) is 4.79 Å². The van der Waals surface area contributed by atoms with Gasteiger partial charge in [0.25, 0.3) is 0 Å². The first-order valence-electron chi connectivity index (χ1n) is 12.3. The van der Waals surface area contributed by atoms with Gasteiger partial charge in [0.2, 0.25) is 11.6 Å². The molecule has 0 aromatic heterocycles. The summed E-state index contributed by atoms with van der Waals surface area (Å²) in [5, 5.41) is 6.16. The predicted octanol–water partition coefficient (Wildman–Crippen LogP) is 5.35. The van der Waals surface area contributed by atoms with Crippen LogP contribution in [-0.2, 0) is 4.79 Å². The minimum absolute atomic E-state index is 0.264. The lowest BCUT2D eigenvalue weighted by atomic mass is 9.78. The van der Waals surface area contributed by atoms with Crippen LogP contribution in [0.3, 0.4) is 0 Å². The molecule has 2 aliphatic rings. The Hall–Kier alpha value is -4.20. The van der Waals surface area contributed by atoms with Gasteiger partial charge in [0, 0.05) is 17.3 Å². The monoisotopic (exact) mass is 501 g/mol. The maximum atomic E-state index is 14.0. The van der Waals surface area contributed by atoms with Gasteiger partial charge in [-0.15, -0.1) is 0 Å². The highest BCUT2D eigenvalue weighted by Gasteiger charge is 2.60. The number of urea groups is 1. The van der Waals surface area contributed by atoms with Crippen LogP contribution in [0.4, 0.5) is 16.2 Å². The smallest absolute Gasteiger partial charge is 0.325 e. The minimum atomic E-state index is -1.37. The van der Waals surface area contributed by atoms with Gasteiger partial charge in [0.15, 0.2) is 11.5 Å². The van der Waals surface area contributed by atoms with Crippen LogP contribution in [0.5, 0.6) is 17.2 Å². The van der Waals surface area contributed by atoms with Gasteiger partial charge in [0.1, 0.15) is 11.7 Å². The summed E-state index contributed by atoms with van der Waals surface area (Å²) in [7, 11) is 1.56. The summed E-state index contributed by atoms with van der Waals surface area (Å²) in [5.41, 5.74) is 2.64. The molecule has 3 atom stereocenters. The average Bonchev–Trinajstić information content (AvgIpc) is 2.86. The number of nitrogens with one attached hydrogen (secondary N) is 2. The highest BCUT2D eigenvalue weighted by molar-refractivity contribution is 6.02. The number of carbonyl (C=O) groups excluding carboxylic acids is 2. The van der Waals surface area contributed by atoms with Gasteiger partial charge in [0.05, 0.1) is 25.4 Å². The molecule has 1 fully saturated rings. The molecule has 0 radical (unpaired) electrons. The molecule has 2 heterocycles. The quantitative estimate of drug-likeness (QED) is 0.476. The van der Waals surface area contributed by atoms with E-state index in [1.807, 2.05) is 57.2 Å². The number of fused-ring (bicyclic) bond motifs is 4. The van der Waals surface area contributed by atoms with E-state index in [2.05, 4.69) is 10.6 Å². The molecule has 2 N–H and O–H groups in total. The lowest BCUT2D eigenvalue weighted by Gasteiger charge is -2.54. The Labute approximate surface area is 216 Å². The maximum Gasteiger partial charge on any atom is 0.325 e. The lowest BCUT2D eigenvalue weighted by molar-refractivity contribution is -0.131. The summed E-state index contributed by atoms with van der Waals surface area (Å²) in [6.07, 6.45) is 0. The van der Waals surface area contributed by atoms with Crippen LogP contribution in [0, 0.1) is 19.8 Å². The summed E-state index contributed by atoms with van der Waals surface area (Å²) >= 11 is 0. The Morgan fingerprint density at radius 2 is 1.92 bits per heavy atom. The Kier molecular flexibility index (Phi) is 6.19. The van der Waals surface area contributed by atoms with Crippen molar-refractivity contribution in [2.45, 2.75) is 39.5 Å². The average molecular weight is 502 g/mol. The lowest BCUT2D eigenvalue weighted by Crippen LogP contribution is -2.72. The number of nitrogens with zero attached hydrogens (tertiary/aromatic N) is 1. The molecule has 0 unspecified atom stereocenters. The number of ether oxygens (including phenoxy) is 3. The molecule has 5 rings (SSSR count). The Morgan fingerprint density at radius 3 is 2.65 bits per heavy atom. The largest absolute Gasteiger partial charge is 0.497 e. The number of rotatable bonds is 6. The third-order valence-corrected chi connectivity index (χ3v) is 7.02. The van der Waals surface area contributed by atoms with Gasteiger partial charge in [-0.1, -0.05) is 35.9 Å².